The number of benzene rings is 3. The number of hydrogen-bond donors (Lipinski definition) is 2. The van der Waals surface area contributed by atoms with Gasteiger partial charge < -0.3 is 19.8 Å². The summed E-state index contributed by atoms with van der Waals surface area (Å²) in [4.78, 5) is 57.7. The number of rotatable bonds is 8. The molecule has 2 N–H and O–H groups in total. The predicted octanol–water partition coefficient (Wildman–Crippen LogP) is 6.86. The van der Waals surface area contributed by atoms with Crippen molar-refractivity contribution in [2.24, 2.45) is 29.6 Å². The summed E-state index contributed by atoms with van der Waals surface area (Å²) in [5, 5.41) is 3.34. The Bertz CT molecular complexity index is 2110. The number of aromatic nitrogens is 1. The van der Waals surface area contributed by atoms with Crippen LogP contribution in [0.3, 0.4) is 0 Å². The first-order valence-corrected chi connectivity index (χ1v) is 18.3. The lowest BCUT2D eigenvalue weighted by Crippen LogP contribution is -2.42. The van der Waals surface area contributed by atoms with Crippen molar-refractivity contribution in [1.82, 2.24) is 4.98 Å². The van der Waals surface area contributed by atoms with Gasteiger partial charge in [0.15, 0.2) is 18.1 Å². The highest BCUT2D eigenvalue weighted by Crippen LogP contribution is 2.69. The molecule has 3 amide bonds. The standard InChI is InChI=1S/C37H32F3N3O6S2/c1-3-48-25-14-18(10-13-24(25)49-16-26(44)41-19-11-8-17(2)9-12-19)27-28-20-15-21(31(28)50-33-32(27)51-36(47)42-33)30-29(20)34(45)43(35(30)46)23-7-5-4-6-22(23)37(38,39)40/h4-14,20-21,27-31H,3,15-16H2,1-2H3,(H,41,44)(H,42,47)/t20?,21?,27-,28?,29?,30?,31?/m1/s1. The van der Waals surface area contributed by atoms with Crippen LogP contribution in [-0.2, 0) is 20.6 Å². The van der Waals surface area contributed by atoms with E-state index in [4.69, 9.17) is 9.47 Å². The van der Waals surface area contributed by atoms with E-state index in [1.54, 1.807) is 18.2 Å². The highest BCUT2D eigenvalue weighted by Gasteiger charge is 2.70. The van der Waals surface area contributed by atoms with E-state index in [0.29, 0.717) is 35.2 Å². The van der Waals surface area contributed by atoms with Crippen LogP contribution >= 0.6 is 23.1 Å². The van der Waals surface area contributed by atoms with E-state index < -0.39 is 41.1 Å². The van der Waals surface area contributed by atoms with Gasteiger partial charge in [0.2, 0.25) is 11.8 Å². The molecular weight excluding hydrogens is 704 g/mol. The van der Waals surface area contributed by atoms with E-state index >= 15 is 0 Å². The van der Waals surface area contributed by atoms with Crippen molar-refractivity contribution >= 4 is 52.2 Å². The molecule has 7 atom stereocenters. The quantitative estimate of drug-likeness (QED) is 0.190. The maximum Gasteiger partial charge on any atom is 0.418 e. The predicted molar refractivity (Wildman–Crippen MR) is 185 cm³/mol. The van der Waals surface area contributed by atoms with E-state index in [1.807, 2.05) is 38.1 Å². The van der Waals surface area contributed by atoms with Crippen molar-refractivity contribution in [2.75, 3.05) is 23.4 Å². The van der Waals surface area contributed by atoms with Crippen LogP contribution in [0.5, 0.6) is 11.5 Å². The van der Waals surface area contributed by atoms with Crippen LogP contribution in [0.2, 0.25) is 0 Å². The van der Waals surface area contributed by atoms with Crippen LogP contribution in [0.25, 0.3) is 0 Å². The molecule has 0 radical (unpaired) electrons. The number of thiazole rings is 1. The van der Waals surface area contributed by atoms with E-state index in [0.717, 1.165) is 38.3 Å². The van der Waals surface area contributed by atoms with Crippen molar-refractivity contribution in [1.29, 1.82) is 0 Å². The van der Waals surface area contributed by atoms with Gasteiger partial charge in [0.25, 0.3) is 5.91 Å². The molecular formula is C37H32F3N3O6S2. The van der Waals surface area contributed by atoms with Crippen LogP contribution in [0.4, 0.5) is 24.5 Å². The zero-order chi connectivity index (χ0) is 35.8. The number of hydrogen-bond acceptors (Lipinski definition) is 8. The SMILES string of the molecule is CCOc1cc([C@H]2c3sc(=O)[nH]c3SC3C4CC(C5C(=O)N(c6ccccc6C(F)(F)F)C(=O)C45)C32)ccc1OCC(=O)Nc1ccc(C)cc1. The molecule has 3 fully saturated rings. The Hall–Kier alpha value is -4.56. The number of aromatic amines is 1. The van der Waals surface area contributed by atoms with Crippen LogP contribution in [-0.4, -0.2) is 41.2 Å². The van der Waals surface area contributed by atoms with Crippen LogP contribution < -0.4 is 24.6 Å². The number of aryl methyl sites for hydroxylation is 1. The Balaban J connectivity index is 1.11. The summed E-state index contributed by atoms with van der Waals surface area (Å²) in [6, 6.07) is 17.5. The van der Waals surface area contributed by atoms with Gasteiger partial charge in [0.05, 0.1) is 34.7 Å². The van der Waals surface area contributed by atoms with Crippen LogP contribution in [0.15, 0.2) is 76.6 Å². The minimum Gasteiger partial charge on any atom is -0.490 e. The molecule has 51 heavy (non-hydrogen) atoms. The van der Waals surface area contributed by atoms with Gasteiger partial charge in [-0.15, -0.1) is 11.8 Å². The Morgan fingerprint density at radius 2 is 1.69 bits per heavy atom. The number of anilines is 2. The number of carbonyl (C=O) groups is 3. The van der Waals surface area contributed by atoms with Gasteiger partial charge in [-0.05, 0) is 80.0 Å². The second kappa shape index (κ2) is 12.6. The van der Waals surface area contributed by atoms with E-state index in [-0.39, 0.29) is 46.3 Å². The molecule has 3 heterocycles. The molecule has 1 aromatic heterocycles. The lowest BCUT2D eigenvalue weighted by molar-refractivity contribution is -0.137. The fourth-order valence-electron chi connectivity index (χ4n) is 8.62. The van der Waals surface area contributed by atoms with Crippen molar-refractivity contribution in [3.63, 3.8) is 0 Å². The molecule has 8 rings (SSSR count). The number of thioether (sulfide) groups is 1. The summed E-state index contributed by atoms with van der Waals surface area (Å²) in [5.41, 5.74) is 1.05. The first-order valence-electron chi connectivity index (χ1n) is 16.6. The van der Waals surface area contributed by atoms with Gasteiger partial charge in [-0.25, -0.2) is 4.90 Å². The van der Waals surface area contributed by atoms with Crippen LogP contribution in [0.1, 0.15) is 40.8 Å². The number of H-pyrrole nitrogens is 1. The van der Waals surface area contributed by atoms with E-state index in [9.17, 15) is 32.3 Å². The number of halogens is 3. The Kier molecular flexibility index (Phi) is 8.29. The van der Waals surface area contributed by atoms with Crippen molar-refractivity contribution < 1.29 is 37.0 Å². The van der Waals surface area contributed by atoms with E-state index in [2.05, 4.69) is 10.3 Å². The molecule has 6 unspecified atom stereocenters. The summed E-state index contributed by atoms with van der Waals surface area (Å²) in [7, 11) is 0. The molecule has 14 heteroatoms. The Morgan fingerprint density at radius 3 is 2.41 bits per heavy atom. The molecule has 2 bridgehead atoms. The maximum atomic E-state index is 14.1. The molecule has 3 aromatic carbocycles. The zero-order valence-electron chi connectivity index (χ0n) is 27.4. The topological polar surface area (TPSA) is 118 Å². The molecule has 4 aromatic rings. The zero-order valence-corrected chi connectivity index (χ0v) is 29.0. The molecule has 4 aliphatic rings. The molecule has 2 aliphatic heterocycles. The Labute approximate surface area is 298 Å². The number of ether oxygens (including phenoxy) is 2. The van der Waals surface area contributed by atoms with Crippen molar-refractivity contribution in [2.45, 2.75) is 42.6 Å². The number of nitrogens with one attached hydrogen (secondary N) is 2. The second-order valence-electron chi connectivity index (χ2n) is 13.3. The first-order chi connectivity index (χ1) is 24.4. The molecule has 2 saturated carbocycles. The van der Waals surface area contributed by atoms with Gasteiger partial charge in [-0.1, -0.05) is 47.2 Å². The lowest BCUT2D eigenvalue weighted by atomic mass is 9.68. The van der Waals surface area contributed by atoms with Gasteiger partial charge in [-0.3, -0.25) is 19.2 Å². The average Bonchev–Trinajstić information content (AvgIpc) is 3.83. The highest BCUT2D eigenvalue weighted by molar-refractivity contribution is 8.00. The minimum absolute atomic E-state index is 0.162. The number of para-hydroxylation sites is 1. The number of imide groups is 1. The normalized spacial score (nSPS) is 26.1. The Morgan fingerprint density at radius 1 is 0.961 bits per heavy atom. The van der Waals surface area contributed by atoms with Crippen LogP contribution in [0, 0.1) is 36.5 Å². The maximum absolute atomic E-state index is 14.1. The fourth-order valence-corrected chi connectivity index (χ4v) is 11.5. The van der Waals surface area contributed by atoms with Gasteiger partial charge in [0, 0.05) is 21.7 Å². The van der Waals surface area contributed by atoms with E-state index in [1.165, 1.54) is 30.0 Å². The van der Waals surface area contributed by atoms with Gasteiger partial charge in [-0.2, -0.15) is 13.2 Å². The number of fused-ring (bicyclic) bond motifs is 9. The summed E-state index contributed by atoms with van der Waals surface area (Å²) < 4.78 is 54.0. The first kappa shape index (κ1) is 33.6. The van der Waals surface area contributed by atoms with Crippen molar-refractivity contribution in [3.8, 4) is 11.5 Å². The number of alkyl halides is 3. The molecule has 0 spiro atoms. The molecule has 2 aliphatic carbocycles. The second-order valence-corrected chi connectivity index (χ2v) is 15.5. The molecule has 9 nitrogen and oxygen atoms in total. The largest absolute Gasteiger partial charge is 0.490 e. The smallest absolute Gasteiger partial charge is 0.418 e. The summed E-state index contributed by atoms with van der Waals surface area (Å²) in [6.07, 6.45) is -4.17. The fraction of sp³-hybridized carbons (Fsp3) is 0.351. The third-order valence-corrected chi connectivity index (χ3v) is 13.1. The number of carbonyl (C=O) groups excluding carboxylic acids is 3. The minimum atomic E-state index is -4.75. The highest BCUT2D eigenvalue weighted by atomic mass is 32.2. The number of nitrogens with zero attached hydrogens (tertiary/aromatic N) is 1. The molecule has 264 valence electrons. The molecule has 1 saturated heterocycles. The monoisotopic (exact) mass is 735 g/mol. The number of amides is 3. The average molecular weight is 736 g/mol. The summed E-state index contributed by atoms with van der Waals surface area (Å²) in [6.45, 7) is 3.82. The summed E-state index contributed by atoms with van der Waals surface area (Å²) in [5.74, 6) is -3.42. The summed E-state index contributed by atoms with van der Waals surface area (Å²) >= 11 is 2.58. The van der Waals surface area contributed by atoms with Gasteiger partial charge >= 0.3 is 11.0 Å². The lowest BCUT2D eigenvalue weighted by Gasteiger charge is -2.43. The van der Waals surface area contributed by atoms with Gasteiger partial charge in [0.1, 0.15) is 0 Å². The van der Waals surface area contributed by atoms with Crippen molar-refractivity contribution in [3.05, 3.63) is 98.0 Å². The third-order valence-electron chi connectivity index (χ3n) is 10.5. The third kappa shape index (κ3) is 5.63.